The van der Waals surface area contributed by atoms with Gasteiger partial charge in [-0.2, -0.15) is 0 Å². The van der Waals surface area contributed by atoms with Gasteiger partial charge in [0.05, 0.1) is 38.1 Å². The van der Waals surface area contributed by atoms with Crippen molar-refractivity contribution in [2.45, 2.75) is 362 Å². The summed E-state index contributed by atoms with van der Waals surface area (Å²) in [7, 11) is 0. The number of hydrogen-bond acceptors (Lipinski definition) is 21. The summed E-state index contributed by atoms with van der Waals surface area (Å²) in [5.41, 5.74) is 0. The van der Waals surface area contributed by atoms with Crippen molar-refractivity contribution in [1.82, 2.24) is 5.32 Å². The molecular formula is C62H117NO21. The van der Waals surface area contributed by atoms with Crippen molar-refractivity contribution in [1.29, 1.82) is 0 Å². The highest BCUT2D eigenvalue weighted by molar-refractivity contribution is 6.05. The number of amides is 1. The summed E-state index contributed by atoms with van der Waals surface area (Å²) < 4.78 is 34.9. The number of aliphatic hydroxyl groups excluding tert-OH is 13. The molecule has 0 aromatic carbocycles. The summed E-state index contributed by atoms with van der Waals surface area (Å²) in [6, 6.07) is -1.62. The number of unbranched alkanes of at least 4 members (excludes halogenated alkanes) is 30. The Bertz CT molecular complexity index is 1660. The van der Waals surface area contributed by atoms with Crippen LogP contribution in [0.15, 0.2) is 0 Å². The zero-order valence-corrected chi connectivity index (χ0v) is 51.3. The second kappa shape index (κ2) is 44.8. The van der Waals surface area contributed by atoms with Crippen LogP contribution >= 0.6 is 0 Å². The largest absolute Gasteiger partial charge is 0.394 e. The van der Waals surface area contributed by atoms with Crippen LogP contribution < -0.4 is 5.32 Å². The van der Waals surface area contributed by atoms with Gasteiger partial charge < -0.3 is 100 Å². The lowest BCUT2D eigenvalue weighted by atomic mass is 9.96. The van der Waals surface area contributed by atoms with E-state index in [0.717, 1.165) is 64.2 Å². The fourth-order valence-electron chi connectivity index (χ4n) is 11.5. The van der Waals surface area contributed by atoms with Crippen molar-refractivity contribution in [2.75, 3.05) is 19.8 Å². The Morgan fingerprint density at radius 3 is 1.26 bits per heavy atom. The Labute approximate surface area is 501 Å². The summed E-state index contributed by atoms with van der Waals surface area (Å²) in [4.78, 5) is 26.9. The summed E-state index contributed by atoms with van der Waals surface area (Å²) in [6.07, 6.45) is 2.79. The Hall–Kier alpha value is -1.62. The molecule has 0 aliphatic carbocycles. The average Bonchev–Trinajstić information content (AvgIpc) is 3.42. The van der Waals surface area contributed by atoms with Crippen LogP contribution in [-0.2, 0) is 38.0 Å². The number of aliphatic hydroxyl groups is 13. The molecule has 0 aromatic rings. The molecule has 3 saturated heterocycles. The van der Waals surface area contributed by atoms with Gasteiger partial charge in [-0.3, -0.25) is 9.59 Å². The number of carbonyl (C=O) groups is 2. The number of ether oxygens (including phenoxy) is 6. The van der Waals surface area contributed by atoms with Gasteiger partial charge in [0.15, 0.2) is 30.8 Å². The minimum absolute atomic E-state index is 0.00364. The maximum Gasteiger partial charge on any atom is 0.257 e. The molecule has 3 aliphatic rings. The molecule has 3 aliphatic heterocycles. The molecule has 0 aromatic heterocycles. The number of ketones is 1. The van der Waals surface area contributed by atoms with Gasteiger partial charge in [-0.15, -0.1) is 0 Å². The van der Waals surface area contributed by atoms with E-state index < -0.39 is 154 Å². The molecule has 14 N–H and O–H groups in total. The lowest BCUT2D eigenvalue weighted by Gasteiger charge is -2.49. The third kappa shape index (κ3) is 27.6. The van der Waals surface area contributed by atoms with Gasteiger partial charge in [-0.1, -0.05) is 219 Å². The molecule has 20 atom stereocenters. The number of nitrogens with one attached hydrogen (secondary N) is 1. The fourth-order valence-corrected chi connectivity index (χ4v) is 11.5. The fraction of sp³-hybridized carbons (Fsp3) is 0.968. The first-order valence-electron chi connectivity index (χ1n) is 32.9. The summed E-state index contributed by atoms with van der Waals surface area (Å²) in [6.45, 7) is 3.22. The predicted octanol–water partition coefficient (Wildman–Crippen LogP) is 4.28. The molecule has 0 radical (unpaired) electrons. The van der Waals surface area contributed by atoms with Crippen molar-refractivity contribution in [3.05, 3.63) is 0 Å². The molecular weight excluding hydrogens is 1090 g/mol. The molecule has 3 rings (SSSR count). The molecule has 84 heavy (non-hydrogen) atoms. The maximum absolute atomic E-state index is 13.7. The van der Waals surface area contributed by atoms with E-state index in [4.69, 9.17) is 28.4 Å². The molecule has 20 unspecified atom stereocenters. The first-order valence-corrected chi connectivity index (χ1v) is 32.9. The number of Topliss-reactive ketones (excluding diaryl/α,β-unsaturated/α-hetero) is 1. The van der Waals surface area contributed by atoms with Gasteiger partial charge in [-0.05, 0) is 19.8 Å². The van der Waals surface area contributed by atoms with Crippen molar-refractivity contribution >= 4 is 11.7 Å². The maximum atomic E-state index is 13.7. The average molecular weight is 1210 g/mol. The van der Waals surface area contributed by atoms with E-state index in [9.17, 15) is 76.0 Å². The first kappa shape index (κ1) is 76.6. The van der Waals surface area contributed by atoms with E-state index in [0.29, 0.717) is 12.8 Å². The Kier molecular flexibility index (Phi) is 40.8. The van der Waals surface area contributed by atoms with Crippen LogP contribution in [0.5, 0.6) is 0 Å². The van der Waals surface area contributed by atoms with Crippen LogP contribution in [-0.4, -0.2) is 220 Å². The molecule has 22 heteroatoms. The quantitative estimate of drug-likeness (QED) is 0.0298. The van der Waals surface area contributed by atoms with E-state index in [-0.39, 0.29) is 12.8 Å². The van der Waals surface area contributed by atoms with Crippen LogP contribution in [0.4, 0.5) is 0 Å². The summed E-state index contributed by atoms with van der Waals surface area (Å²) in [5.74, 6) is -2.49. The second-order valence-electron chi connectivity index (χ2n) is 24.3. The third-order valence-corrected chi connectivity index (χ3v) is 17.1. The van der Waals surface area contributed by atoms with Crippen LogP contribution in [0.2, 0.25) is 0 Å². The normalized spacial score (nSPS) is 30.2. The van der Waals surface area contributed by atoms with Crippen LogP contribution in [0, 0.1) is 0 Å². The third-order valence-electron chi connectivity index (χ3n) is 17.1. The van der Waals surface area contributed by atoms with Crippen molar-refractivity contribution in [3.63, 3.8) is 0 Å². The SMILES string of the molecule is CCCCCCCCCCCCCCCCCCCCCC(O)C(=O)C(O)C(=O)NC(COC1OC(CO)C(OC2OC(CO)C(O)C(O)C2O)C(OC2OC(C)C(O)C(O)C2O)C1O)C(O)C(O)CCCCCCCCCCCCCCC. The summed E-state index contributed by atoms with van der Waals surface area (Å²) in [5, 5.41) is 143. The van der Waals surface area contributed by atoms with E-state index in [1.165, 1.54) is 135 Å². The molecule has 0 saturated carbocycles. The molecule has 1 amide bonds. The van der Waals surface area contributed by atoms with Crippen LogP contribution in [0.3, 0.4) is 0 Å². The van der Waals surface area contributed by atoms with E-state index >= 15 is 0 Å². The minimum atomic E-state index is -2.39. The monoisotopic (exact) mass is 1210 g/mol. The smallest absolute Gasteiger partial charge is 0.257 e. The van der Waals surface area contributed by atoms with Gasteiger partial charge in [0.1, 0.15) is 79.4 Å². The van der Waals surface area contributed by atoms with Gasteiger partial charge in [0, 0.05) is 0 Å². The molecule has 0 bridgehead atoms. The lowest BCUT2D eigenvalue weighted by molar-refractivity contribution is -0.386. The van der Waals surface area contributed by atoms with E-state index in [1.54, 1.807) is 0 Å². The molecule has 496 valence electrons. The van der Waals surface area contributed by atoms with Crippen molar-refractivity contribution in [2.24, 2.45) is 0 Å². The predicted molar refractivity (Wildman–Crippen MR) is 313 cm³/mol. The van der Waals surface area contributed by atoms with E-state index in [2.05, 4.69) is 19.2 Å². The topological polar surface area (TPSA) is 365 Å². The minimum Gasteiger partial charge on any atom is -0.394 e. The van der Waals surface area contributed by atoms with Gasteiger partial charge in [0.25, 0.3) is 5.91 Å². The zero-order chi connectivity index (χ0) is 61.8. The van der Waals surface area contributed by atoms with Gasteiger partial charge in [-0.25, -0.2) is 0 Å². The second-order valence-corrected chi connectivity index (χ2v) is 24.3. The molecule has 3 heterocycles. The molecule has 22 nitrogen and oxygen atoms in total. The standard InChI is InChI=1S/C62H117NO21/c1-4-6-8-10-12-14-16-18-19-20-21-22-23-25-27-29-31-33-35-37-44(67)49(70)53(74)59(78)63-42(48(69)43(66)36-34-32-30-28-26-24-17-15-13-11-9-7-5-2)40-79-60-56(77)58(84-61-54(75)51(72)47(68)41(3)80-61)57(46(39-65)82-60)83-62-55(76)52(73)50(71)45(38-64)81-62/h41-48,50-58,60-62,64-69,71-77H,4-40H2,1-3H3,(H,63,78). The highest BCUT2D eigenvalue weighted by Crippen LogP contribution is 2.34. The number of hydrogen-bond donors (Lipinski definition) is 14. The number of carbonyl (C=O) groups excluding carboxylic acids is 2. The Balaban J connectivity index is 1.64. The van der Waals surface area contributed by atoms with Crippen molar-refractivity contribution < 1.29 is 104 Å². The number of rotatable bonds is 49. The Morgan fingerprint density at radius 1 is 0.440 bits per heavy atom. The van der Waals surface area contributed by atoms with E-state index in [1.807, 2.05) is 0 Å². The zero-order valence-electron chi connectivity index (χ0n) is 51.3. The lowest BCUT2D eigenvalue weighted by Crippen LogP contribution is -2.67. The first-order chi connectivity index (χ1) is 40.4. The summed E-state index contributed by atoms with van der Waals surface area (Å²) >= 11 is 0. The molecule has 3 fully saturated rings. The van der Waals surface area contributed by atoms with Crippen LogP contribution in [0.1, 0.15) is 239 Å². The van der Waals surface area contributed by atoms with Gasteiger partial charge >= 0.3 is 0 Å². The molecule has 0 spiro atoms. The van der Waals surface area contributed by atoms with Crippen molar-refractivity contribution in [3.8, 4) is 0 Å². The van der Waals surface area contributed by atoms with Crippen LogP contribution in [0.25, 0.3) is 0 Å². The highest BCUT2D eigenvalue weighted by Gasteiger charge is 2.54. The highest BCUT2D eigenvalue weighted by atomic mass is 16.8. The van der Waals surface area contributed by atoms with Gasteiger partial charge in [0.2, 0.25) is 0 Å². The Morgan fingerprint density at radius 2 is 0.821 bits per heavy atom.